The first-order chi connectivity index (χ1) is 10.0. The number of halogens is 1. The van der Waals surface area contributed by atoms with Crippen LogP contribution in [0.1, 0.15) is 32.3 Å². The molecule has 21 heavy (non-hydrogen) atoms. The van der Waals surface area contributed by atoms with Gasteiger partial charge in [0.15, 0.2) is 6.61 Å². The van der Waals surface area contributed by atoms with E-state index in [0.717, 1.165) is 12.1 Å². The molecule has 1 amide bonds. The van der Waals surface area contributed by atoms with Gasteiger partial charge >= 0.3 is 0 Å². The summed E-state index contributed by atoms with van der Waals surface area (Å²) in [6.45, 7) is 5.56. The van der Waals surface area contributed by atoms with Gasteiger partial charge in [0.05, 0.1) is 5.02 Å². The van der Waals surface area contributed by atoms with Crippen molar-refractivity contribution in [1.29, 1.82) is 0 Å². The third kappa shape index (κ3) is 5.94. The van der Waals surface area contributed by atoms with Gasteiger partial charge in [0, 0.05) is 19.1 Å². The van der Waals surface area contributed by atoms with Crippen molar-refractivity contribution in [2.24, 2.45) is 5.92 Å². The average Bonchev–Trinajstić information content (AvgIpc) is 3.26. The summed E-state index contributed by atoms with van der Waals surface area (Å²) in [5.74, 6) is 0.849. The van der Waals surface area contributed by atoms with Gasteiger partial charge in [-0.15, -0.1) is 0 Å². The van der Waals surface area contributed by atoms with Crippen LogP contribution in [0.15, 0.2) is 18.2 Å². The Bertz CT molecular complexity index is 487. The van der Waals surface area contributed by atoms with Gasteiger partial charge in [-0.25, -0.2) is 0 Å². The van der Waals surface area contributed by atoms with Crippen LogP contribution in [-0.2, 0) is 11.3 Å². The number of nitrogens with one attached hydrogen (secondary N) is 2. The second kappa shape index (κ2) is 7.66. The number of amides is 1. The molecule has 0 spiro atoms. The van der Waals surface area contributed by atoms with Crippen molar-refractivity contribution in [1.82, 2.24) is 10.6 Å². The molecule has 1 aromatic carbocycles. The van der Waals surface area contributed by atoms with E-state index >= 15 is 0 Å². The number of hydrogen-bond acceptors (Lipinski definition) is 3. The first-order valence-corrected chi connectivity index (χ1v) is 7.83. The quantitative estimate of drug-likeness (QED) is 0.776. The number of benzene rings is 1. The summed E-state index contributed by atoms with van der Waals surface area (Å²) in [5, 5.41) is 6.78. The summed E-state index contributed by atoms with van der Waals surface area (Å²) < 4.78 is 5.46. The number of rotatable bonds is 8. The molecule has 4 nitrogen and oxygen atoms in total. The molecule has 2 N–H and O–H groups in total. The maximum absolute atomic E-state index is 11.6. The van der Waals surface area contributed by atoms with E-state index in [1.54, 1.807) is 0 Å². The third-order valence-electron chi connectivity index (χ3n) is 3.23. The summed E-state index contributed by atoms with van der Waals surface area (Å²) in [6, 6.07) is 6.35. The van der Waals surface area contributed by atoms with Crippen molar-refractivity contribution < 1.29 is 9.53 Å². The van der Waals surface area contributed by atoms with E-state index in [4.69, 9.17) is 16.3 Å². The topological polar surface area (TPSA) is 50.4 Å². The highest BCUT2D eigenvalue weighted by Crippen LogP contribution is 2.26. The molecule has 1 aliphatic rings. The Balaban J connectivity index is 1.78. The molecule has 1 fully saturated rings. The maximum Gasteiger partial charge on any atom is 0.257 e. The van der Waals surface area contributed by atoms with Crippen LogP contribution >= 0.6 is 11.6 Å². The van der Waals surface area contributed by atoms with Crippen LogP contribution in [0.4, 0.5) is 0 Å². The third-order valence-corrected chi connectivity index (χ3v) is 3.53. The second-order valence-electron chi connectivity index (χ2n) is 5.91. The number of carbonyl (C=O) groups excluding carboxylic acids is 1. The molecule has 1 saturated carbocycles. The van der Waals surface area contributed by atoms with Crippen molar-refractivity contribution >= 4 is 17.5 Å². The fraction of sp³-hybridized carbons (Fsp3) is 0.562. The minimum absolute atomic E-state index is 0.00783. The average molecular weight is 311 g/mol. The fourth-order valence-electron chi connectivity index (χ4n) is 1.83. The fourth-order valence-corrected chi connectivity index (χ4v) is 2.09. The van der Waals surface area contributed by atoms with Gasteiger partial charge in [0.2, 0.25) is 0 Å². The van der Waals surface area contributed by atoms with E-state index in [0.29, 0.717) is 29.3 Å². The van der Waals surface area contributed by atoms with Crippen molar-refractivity contribution in [3.8, 4) is 5.75 Å². The zero-order valence-corrected chi connectivity index (χ0v) is 13.4. The summed E-state index contributed by atoms with van der Waals surface area (Å²) in [4.78, 5) is 11.6. The lowest BCUT2D eigenvalue weighted by Crippen LogP contribution is -2.31. The second-order valence-corrected chi connectivity index (χ2v) is 6.31. The minimum atomic E-state index is -0.126. The van der Waals surface area contributed by atoms with Gasteiger partial charge in [-0.3, -0.25) is 4.79 Å². The number of ether oxygens (including phenoxy) is 1. The van der Waals surface area contributed by atoms with Crippen LogP contribution < -0.4 is 15.4 Å². The minimum Gasteiger partial charge on any atom is -0.482 e. The molecule has 0 unspecified atom stereocenters. The normalized spacial score (nSPS) is 14.3. The Morgan fingerprint density at radius 3 is 2.81 bits per heavy atom. The molecule has 0 heterocycles. The van der Waals surface area contributed by atoms with Crippen molar-refractivity contribution in [2.45, 2.75) is 39.3 Å². The van der Waals surface area contributed by atoms with Crippen molar-refractivity contribution in [3.05, 3.63) is 28.8 Å². The van der Waals surface area contributed by atoms with Crippen LogP contribution in [0.2, 0.25) is 5.02 Å². The largest absolute Gasteiger partial charge is 0.482 e. The van der Waals surface area contributed by atoms with E-state index in [9.17, 15) is 4.79 Å². The van der Waals surface area contributed by atoms with Crippen LogP contribution in [0.25, 0.3) is 0 Å². The molecule has 116 valence electrons. The van der Waals surface area contributed by atoms with Crippen molar-refractivity contribution in [2.75, 3.05) is 13.2 Å². The Hall–Kier alpha value is -1.26. The molecule has 0 aliphatic heterocycles. The van der Waals surface area contributed by atoms with Gasteiger partial charge < -0.3 is 15.4 Å². The Morgan fingerprint density at radius 2 is 2.19 bits per heavy atom. The van der Waals surface area contributed by atoms with Gasteiger partial charge in [0.1, 0.15) is 5.75 Å². The molecular formula is C16H23ClN2O2. The molecule has 1 aromatic rings. The highest BCUT2D eigenvalue weighted by atomic mass is 35.5. The molecule has 0 saturated heterocycles. The monoisotopic (exact) mass is 310 g/mol. The molecule has 0 radical (unpaired) electrons. The van der Waals surface area contributed by atoms with Crippen LogP contribution in [0.3, 0.4) is 0 Å². The zero-order chi connectivity index (χ0) is 15.2. The highest BCUT2D eigenvalue weighted by molar-refractivity contribution is 6.32. The molecule has 2 rings (SSSR count). The highest BCUT2D eigenvalue weighted by Gasteiger charge is 2.20. The first kappa shape index (κ1) is 16.1. The van der Waals surface area contributed by atoms with Gasteiger partial charge in [-0.1, -0.05) is 31.5 Å². The molecule has 0 atom stereocenters. The first-order valence-electron chi connectivity index (χ1n) is 7.46. The Kier molecular flexibility index (Phi) is 5.88. The summed E-state index contributed by atoms with van der Waals surface area (Å²) >= 11 is 6.19. The molecule has 5 heteroatoms. The van der Waals surface area contributed by atoms with Crippen LogP contribution in [-0.4, -0.2) is 25.1 Å². The molecule has 0 bridgehead atoms. The van der Waals surface area contributed by atoms with E-state index in [2.05, 4.69) is 10.6 Å². The van der Waals surface area contributed by atoms with Crippen LogP contribution in [0.5, 0.6) is 5.75 Å². The smallest absolute Gasteiger partial charge is 0.257 e. The van der Waals surface area contributed by atoms with Gasteiger partial charge in [0.25, 0.3) is 5.91 Å². The molecule has 1 aliphatic carbocycles. The Labute approximate surface area is 131 Å². The standard InChI is InChI=1S/C16H23ClN2O2/c1-11(2)8-19-16(20)10-21-15-6-3-12(7-14(15)17)9-18-13-4-5-13/h3,6-7,11,13,18H,4-5,8-10H2,1-2H3,(H,19,20). The van der Waals surface area contributed by atoms with E-state index in [1.807, 2.05) is 32.0 Å². The van der Waals surface area contributed by atoms with Crippen molar-refractivity contribution in [3.63, 3.8) is 0 Å². The SMILES string of the molecule is CC(C)CNC(=O)COc1ccc(CNC2CC2)cc1Cl. The predicted molar refractivity (Wildman–Crippen MR) is 84.7 cm³/mol. The van der Waals surface area contributed by atoms with E-state index in [1.165, 1.54) is 12.8 Å². The molecule has 0 aromatic heterocycles. The molecular weight excluding hydrogens is 288 g/mol. The Morgan fingerprint density at radius 1 is 1.43 bits per heavy atom. The number of hydrogen-bond donors (Lipinski definition) is 2. The zero-order valence-electron chi connectivity index (χ0n) is 12.6. The van der Waals surface area contributed by atoms with Gasteiger partial charge in [-0.05, 0) is 36.5 Å². The van der Waals surface area contributed by atoms with Crippen LogP contribution in [0, 0.1) is 5.92 Å². The predicted octanol–water partition coefficient (Wildman–Crippen LogP) is 2.74. The van der Waals surface area contributed by atoms with E-state index < -0.39 is 0 Å². The lowest BCUT2D eigenvalue weighted by atomic mass is 10.2. The van der Waals surface area contributed by atoms with E-state index in [-0.39, 0.29) is 12.5 Å². The summed E-state index contributed by atoms with van der Waals surface area (Å²) in [5.41, 5.74) is 1.13. The maximum atomic E-state index is 11.6. The lowest BCUT2D eigenvalue weighted by Gasteiger charge is -2.11. The number of carbonyl (C=O) groups is 1. The summed E-state index contributed by atoms with van der Waals surface area (Å²) in [6.07, 6.45) is 2.53. The summed E-state index contributed by atoms with van der Waals surface area (Å²) in [7, 11) is 0. The van der Waals surface area contributed by atoms with Gasteiger partial charge in [-0.2, -0.15) is 0 Å². The lowest BCUT2D eigenvalue weighted by molar-refractivity contribution is -0.123.